The topological polar surface area (TPSA) is 54.5 Å². The SMILES string of the molecule is C[C@H](C(=O)Nc1cccc2ncccc12)N1CCO[C@H](c2ccc(Cl)cc2)C1. The van der Waals surface area contributed by atoms with Gasteiger partial charge in [0.2, 0.25) is 5.91 Å². The average molecular weight is 396 g/mol. The van der Waals surface area contributed by atoms with Crippen molar-refractivity contribution in [3.63, 3.8) is 0 Å². The van der Waals surface area contributed by atoms with E-state index in [4.69, 9.17) is 16.3 Å². The van der Waals surface area contributed by atoms with Crippen molar-refractivity contribution in [3.05, 3.63) is 71.4 Å². The molecule has 4 rings (SSSR count). The van der Waals surface area contributed by atoms with Crippen LogP contribution in [0.5, 0.6) is 0 Å². The van der Waals surface area contributed by atoms with E-state index >= 15 is 0 Å². The van der Waals surface area contributed by atoms with Gasteiger partial charge in [-0.25, -0.2) is 0 Å². The number of benzene rings is 2. The molecule has 0 radical (unpaired) electrons. The van der Waals surface area contributed by atoms with Gasteiger partial charge in [0.25, 0.3) is 0 Å². The number of hydrogen-bond donors (Lipinski definition) is 1. The van der Waals surface area contributed by atoms with E-state index < -0.39 is 0 Å². The largest absolute Gasteiger partial charge is 0.371 e. The standard InChI is InChI=1S/C22H22ClN3O2/c1-15(22(27)25-20-6-2-5-19-18(20)4-3-11-24-19)26-12-13-28-21(14-26)16-7-9-17(23)10-8-16/h2-11,15,21H,12-14H2,1H3,(H,25,27)/t15-,21+/m1/s1. The number of carbonyl (C=O) groups is 1. The summed E-state index contributed by atoms with van der Waals surface area (Å²) >= 11 is 5.98. The first-order valence-electron chi connectivity index (χ1n) is 9.37. The minimum Gasteiger partial charge on any atom is -0.371 e. The Hall–Kier alpha value is -2.47. The maximum Gasteiger partial charge on any atom is 0.241 e. The Labute approximate surface area is 169 Å². The van der Waals surface area contributed by atoms with E-state index in [9.17, 15) is 4.79 Å². The Balaban J connectivity index is 1.46. The molecule has 3 aromatic rings. The predicted molar refractivity (Wildman–Crippen MR) is 112 cm³/mol. The summed E-state index contributed by atoms with van der Waals surface area (Å²) in [5.41, 5.74) is 2.72. The highest BCUT2D eigenvalue weighted by Crippen LogP contribution is 2.26. The number of amides is 1. The van der Waals surface area contributed by atoms with Gasteiger partial charge in [-0.05, 0) is 48.9 Å². The van der Waals surface area contributed by atoms with Gasteiger partial charge in [0.15, 0.2) is 0 Å². The van der Waals surface area contributed by atoms with E-state index in [-0.39, 0.29) is 18.1 Å². The van der Waals surface area contributed by atoms with Crippen LogP contribution in [0.1, 0.15) is 18.6 Å². The summed E-state index contributed by atoms with van der Waals surface area (Å²) in [6.07, 6.45) is 1.68. The molecular formula is C22H22ClN3O2. The number of fused-ring (bicyclic) bond motifs is 1. The summed E-state index contributed by atoms with van der Waals surface area (Å²) in [6, 6.07) is 17.0. The molecule has 0 saturated carbocycles. The highest BCUT2D eigenvalue weighted by atomic mass is 35.5. The van der Waals surface area contributed by atoms with Gasteiger partial charge in [0, 0.05) is 29.7 Å². The molecule has 5 nitrogen and oxygen atoms in total. The Morgan fingerprint density at radius 2 is 2.04 bits per heavy atom. The lowest BCUT2D eigenvalue weighted by atomic mass is 10.1. The normalized spacial score (nSPS) is 18.7. The third kappa shape index (κ3) is 4.02. The summed E-state index contributed by atoms with van der Waals surface area (Å²) in [7, 11) is 0. The minimum absolute atomic E-state index is 0.0342. The molecule has 1 N–H and O–H groups in total. The molecule has 1 fully saturated rings. The number of carbonyl (C=O) groups excluding carboxylic acids is 1. The second-order valence-electron chi connectivity index (χ2n) is 6.95. The number of hydrogen-bond acceptors (Lipinski definition) is 4. The smallest absolute Gasteiger partial charge is 0.241 e. The van der Waals surface area contributed by atoms with Crippen LogP contribution in [0.3, 0.4) is 0 Å². The molecule has 1 aromatic heterocycles. The van der Waals surface area contributed by atoms with E-state index in [1.54, 1.807) is 6.20 Å². The lowest BCUT2D eigenvalue weighted by molar-refractivity contribution is -0.124. The zero-order chi connectivity index (χ0) is 19.5. The van der Waals surface area contributed by atoms with Crippen LogP contribution < -0.4 is 5.32 Å². The van der Waals surface area contributed by atoms with Crippen LogP contribution in [0.2, 0.25) is 5.02 Å². The van der Waals surface area contributed by atoms with E-state index in [1.807, 2.05) is 61.5 Å². The van der Waals surface area contributed by atoms with Crippen LogP contribution in [0.15, 0.2) is 60.8 Å². The zero-order valence-electron chi connectivity index (χ0n) is 15.6. The Bertz CT molecular complexity index is 972. The van der Waals surface area contributed by atoms with Gasteiger partial charge in [0.1, 0.15) is 0 Å². The van der Waals surface area contributed by atoms with Crippen LogP contribution in [-0.4, -0.2) is 41.5 Å². The summed E-state index contributed by atoms with van der Waals surface area (Å²) < 4.78 is 5.92. The third-order valence-electron chi connectivity index (χ3n) is 5.17. The molecule has 1 saturated heterocycles. The number of halogens is 1. The summed E-state index contributed by atoms with van der Waals surface area (Å²) in [6.45, 7) is 3.90. The second kappa shape index (κ2) is 8.27. The lowest BCUT2D eigenvalue weighted by Gasteiger charge is -2.36. The van der Waals surface area contributed by atoms with Crippen molar-refractivity contribution >= 4 is 34.1 Å². The van der Waals surface area contributed by atoms with Crippen molar-refractivity contribution in [1.82, 2.24) is 9.88 Å². The van der Waals surface area contributed by atoms with E-state index in [0.717, 1.165) is 28.7 Å². The van der Waals surface area contributed by atoms with Crippen LogP contribution in [0, 0.1) is 0 Å². The van der Waals surface area contributed by atoms with Crippen molar-refractivity contribution in [2.24, 2.45) is 0 Å². The van der Waals surface area contributed by atoms with Gasteiger partial charge in [0.05, 0.1) is 30.0 Å². The van der Waals surface area contributed by atoms with Gasteiger partial charge in [-0.15, -0.1) is 0 Å². The van der Waals surface area contributed by atoms with Crippen molar-refractivity contribution in [2.45, 2.75) is 19.1 Å². The number of nitrogens with zero attached hydrogens (tertiary/aromatic N) is 2. The minimum atomic E-state index is -0.273. The molecule has 28 heavy (non-hydrogen) atoms. The highest BCUT2D eigenvalue weighted by molar-refractivity contribution is 6.30. The maximum absolute atomic E-state index is 12.9. The number of anilines is 1. The lowest BCUT2D eigenvalue weighted by Crippen LogP contribution is -2.48. The number of morpholine rings is 1. The van der Waals surface area contributed by atoms with Crippen molar-refractivity contribution in [2.75, 3.05) is 25.0 Å². The van der Waals surface area contributed by atoms with Crippen LogP contribution in [-0.2, 0) is 9.53 Å². The summed E-state index contributed by atoms with van der Waals surface area (Å²) in [5.74, 6) is -0.0342. The number of nitrogens with one attached hydrogen (secondary N) is 1. The molecule has 2 atom stereocenters. The fraction of sp³-hybridized carbons (Fsp3) is 0.273. The molecule has 2 aromatic carbocycles. The van der Waals surface area contributed by atoms with E-state index in [2.05, 4.69) is 15.2 Å². The fourth-order valence-electron chi connectivity index (χ4n) is 3.52. The van der Waals surface area contributed by atoms with Gasteiger partial charge in [-0.2, -0.15) is 0 Å². The molecule has 0 bridgehead atoms. The van der Waals surface area contributed by atoms with E-state index in [1.165, 1.54) is 0 Å². The number of rotatable bonds is 4. The van der Waals surface area contributed by atoms with Gasteiger partial charge in [-0.1, -0.05) is 29.8 Å². The summed E-state index contributed by atoms with van der Waals surface area (Å²) in [5, 5.41) is 4.70. The molecule has 0 spiro atoms. The predicted octanol–water partition coefficient (Wildman–Crippen LogP) is 4.29. The maximum atomic E-state index is 12.9. The van der Waals surface area contributed by atoms with Crippen molar-refractivity contribution in [1.29, 1.82) is 0 Å². The first-order valence-corrected chi connectivity index (χ1v) is 9.75. The zero-order valence-corrected chi connectivity index (χ0v) is 16.4. The average Bonchev–Trinajstić information content (AvgIpc) is 2.74. The van der Waals surface area contributed by atoms with Crippen LogP contribution in [0.25, 0.3) is 10.9 Å². The quantitative estimate of drug-likeness (QED) is 0.716. The summed E-state index contributed by atoms with van der Waals surface area (Å²) in [4.78, 5) is 19.4. The first-order chi connectivity index (χ1) is 13.6. The molecule has 1 amide bonds. The van der Waals surface area contributed by atoms with Crippen LogP contribution >= 0.6 is 11.6 Å². The van der Waals surface area contributed by atoms with Crippen molar-refractivity contribution in [3.8, 4) is 0 Å². The number of ether oxygens (including phenoxy) is 1. The van der Waals surface area contributed by atoms with Crippen molar-refractivity contribution < 1.29 is 9.53 Å². The highest BCUT2D eigenvalue weighted by Gasteiger charge is 2.29. The Morgan fingerprint density at radius 1 is 1.21 bits per heavy atom. The van der Waals surface area contributed by atoms with E-state index in [0.29, 0.717) is 18.2 Å². The molecule has 1 aliphatic heterocycles. The monoisotopic (exact) mass is 395 g/mol. The number of aromatic nitrogens is 1. The Morgan fingerprint density at radius 3 is 2.86 bits per heavy atom. The second-order valence-corrected chi connectivity index (χ2v) is 7.38. The van der Waals surface area contributed by atoms with Crippen LogP contribution in [0.4, 0.5) is 5.69 Å². The molecule has 1 aliphatic rings. The van der Waals surface area contributed by atoms with Gasteiger partial charge >= 0.3 is 0 Å². The molecule has 0 aliphatic carbocycles. The van der Waals surface area contributed by atoms with Gasteiger partial charge in [-0.3, -0.25) is 14.7 Å². The molecular weight excluding hydrogens is 374 g/mol. The number of pyridine rings is 1. The van der Waals surface area contributed by atoms with Gasteiger partial charge < -0.3 is 10.1 Å². The third-order valence-corrected chi connectivity index (χ3v) is 5.42. The molecule has 2 heterocycles. The Kier molecular flexibility index (Phi) is 5.57. The molecule has 144 valence electrons. The molecule has 0 unspecified atom stereocenters. The first kappa shape index (κ1) is 18.9. The fourth-order valence-corrected chi connectivity index (χ4v) is 3.64. The molecule has 6 heteroatoms.